The molecule has 1 N–H and O–H groups in total. The molecule has 1 atom stereocenters. The average molecular weight is 321 g/mol. The summed E-state index contributed by atoms with van der Waals surface area (Å²) in [4.78, 5) is 0. The van der Waals surface area contributed by atoms with Crippen molar-refractivity contribution in [3.63, 3.8) is 0 Å². The maximum atomic E-state index is 9.54. The van der Waals surface area contributed by atoms with Crippen molar-refractivity contribution in [3.8, 4) is 5.75 Å². The number of hydrogen-bond donors (Lipinski definition) is 1. The summed E-state index contributed by atoms with van der Waals surface area (Å²) in [5.41, 5.74) is 3.05. The van der Waals surface area contributed by atoms with Crippen LogP contribution >= 0.6 is 15.9 Å². The minimum atomic E-state index is -0.448. The Hall–Kier alpha value is -1.32. The molecule has 2 nitrogen and oxygen atoms in total. The van der Waals surface area contributed by atoms with Crippen LogP contribution in [0, 0.1) is 6.92 Å². The van der Waals surface area contributed by atoms with E-state index in [1.807, 2.05) is 49.4 Å². The molecule has 0 aliphatic rings. The van der Waals surface area contributed by atoms with E-state index in [-0.39, 0.29) is 0 Å². The number of hydrogen-bond acceptors (Lipinski definition) is 2. The Kier molecular flexibility index (Phi) is 4.61. The van der Waals surface area contributed by atoms with Crippen LogP contribution in [-0.4, -0.2) is 5.11 Å². The van der Waals surface area contributed by atoms with Crippen LogP contribution in [0.5, 0.6) is 5.75 Å². The number of halogens is 1. The number of benzene rings is 2. The molecule has 2 aromatic carbocycles. The van der Waals surface area contributed by atoms with Crippen molar-refractivity contribution >= 4 is 15.9 Å². The van der Waals surface area contributed by atoms with E-state index in [1.54, 1.807) is 6.92 Å². The number of aliphatic hydroxyl groups excluding tert-OH is 1. The third-order valence-electron chi connectivity index (χ3n) is 3.02. The molecule has 0 saturated heterocycles. The minimum absolute atomic E-state index is 0.448. The molecule has 0 spiro atoms. The van der Waals surface area contributed by atoms with Gasteiger partial charge >= 0.3 is 0 Å². The van der Waals surface area contributed by atoms with Gasteiger partial charge in [-0.2, -0.15) is 0 Å². The van der Waals surface area contributed by atoms with Crippen LogP contribution in [0.1, 0.15) is 29.7 Å². The van der Waals surface area contributed by atoms with Gasteiger partial charge in [-0.1, -0.05) is 40.2 Å². The lowest BCUT2D eigenvalue weighted by Gasteiger charge is -2.12. The fourth-order valence-electron chi connectivity index (χ4n) is 1.87. The lowest BCUT2D eigenvalue weighted by atomic mass is 10.1. The van der Waals surface area contributed by atoms with Crippen LogP contribution in [0.4, 0.5) is 0 Å². The molecule has 100 valence electrons. The van der Waals surface area contributed by atoms with Crippen LogP contribution < -0.4 is 4.74 Å². The molecule has 2 rings (SSSR count). The van der Waals surface area contributed by atoms with Gasteiger partial charge in [0.25, 0.3) is 0 Å². The first kappa shape index (κ1) is 14.1. The monoisotopic (exact) mass is 320 g/mol. The first-order valence-corrected chi connectivity index (χ1v) is 7.02. The van der Waals surface area contributed by atoms with Gasteiger partial charge < -0.3 is 9.84 Å². The normalized spacial score (nSPS) is 12.2. The Balaban J connectivity index is 2.10. The Morgan fingerprint density at radius 3 is 2.58 bits per heavy atom. The molecule has 0 unspecified atom stereocenters. The van der Waals surface area contributed by atoms with Crippen molar-refractivity contribution in [2.45, 2.75) is 26.6 Å². The lowest BCUT2D eigenvalue weighted by Crippen LogP contribution is -1.99. The molecule has 0 bridgehead atoms. The summed E-state index contributed by atoms with van der Waals surface area (Å²) in [5.74, 6) is 0.847. The van der Waals surface area contributed by atoms with Gasteiger partial charge in [0.1, 0.15) is 12.4 Å². The topological polar surface area (TPSA) is 29.5 Å². The summed E-state index contributed by atoms with van der Waals surface area (Å²) in [5, 5.41) is 9.54. The smallest absolute Gasteiger partial charge is 0.122 e. The highest BCUT2D eigenvalue weighted by molar-refractivity contribution is 9.10. The molecular weight excluding hydrogens is 304 g/mol. The van der Waals surface area contributed by atoms with Gasteiger partial charge in [0.15, 0.2) is 0 Å². The van der Waals surface area contributed by atoms with E-state index < -0.39 is 6.10 Å². The number of rotatable bonds is 4. The van der Waals surface area contributed by atoms with Gasteiger partial charge in [0, 0.05) is 10.0 Å². The highest BCUT2D eigenvalue weighted by Gasteiger charge is 2.06. The standard InChI is InChI=1S/C16H17BrO2/c1-11-9-13(12(2)18)7-8-16(11)19-10-14-5-3-4-6-15(14)17/h3-9,12,18H,10H2,1-2H3/t12-/m0/s1. The first-order chi connectivity index (χ1) is 9.08. The molecule has 19 heavy (non-hydrogen) atoms. The summed E-state index contributed by atoms with van der Waals surface area (Å²) in [6, 6.07) is 13.8. The SMILES string of the molecule is Cc1cc([C@H](C)O)ccc1OCc1ccccc1Br. The molecule has 0 aliphatic heterocycles. The largest absolute Gasteiger partial charge is 0.489 e. The maximum Gasteiger partial charge on any atom is 0.122 e. The maximum absolute atomic E-state index is 9.54. The van der Waals surface area contributed by atoms with E-state index in [2.05, 4.69) is 15.9 Å². The van der Waals surface area contributed by atoms with Gasteiger partial charge in [-0.05, 0) is 43.2 Å². The summed E-state index contributed by atoms with van der Waals surface area (Å²) >= 11 is 3.51. The lowest BCUT2D eigenvalue weighted by molar-refractivity contribution is 0.199. The van der Waals surface area contributed by atoms with E-state index in [4.69, 9.17) is 4.74 Å². The molecule has 3 heteroatoms. The Morgan fingerprint density at radius 1 is 1.21 bits per heavy atom. The summed E-state index contributed by atoms with van der Waals surface area (Å²) in [6.45, 7) is 4.27. The molecule has 0 amide bonds. The number of ether oxygens (including phenoxy) is 1. The second-order valence-corrected chi connectivity index (χ2v) is 5.44. The van der Waals surface area contributed by atoms with Crippen LogP contribution in [0.2, 0.25) is 0 Å². The zero-order valence-electron chi connectivity index (χ0n) is 11.1. The zero-order chi connectivity index (χ0) is 13.8. The van der Waals surface area contributed by atoms with Gasteiger partial charge in [0.2, 0.25) is 0 Å². The third kappa shape index (κ3) is 3.58. The summed E-state index contributed by atoms with van der Waals surface area (Å²) in [7, 11) is 0. The Morgan fingerprint density at radius 2 is 1.95 bits per heavy atom. The van der Waals surface area contributed by atoms with Gasteiger partial charge in [-0.15, -0.1) is 0 Å². The van der Waals surface area contributed by atoms with Gasteiger partial charge in [-0.3, -0.25) is 0 Å². The molecule has 0 saturated carbocycles. The predicted molar refractivity (Wildman–Crippen MR) is 80.3 cm³/mol. The van der Waals surface area contributed by atoms with Crippen molar-refractivity contribution in [1.82, 2.24) is 0 Å². The van der Waals surface area contributed by atoms with E-state index in [1.165, 1.54) is 0 Å². The Labute approximate surface area is 122 Å². The summed E-state index contributed by atoms with van der Waals surface area (Å²) in [6.07, 6.45) is -0.448. The van der Waals surface area contributed by atoms with Crippen molar-refractivity contribution < 1.29 is 9.84 Å². The average Bonchev–Trinajstić information content (AvgIpc) is 2.39. The van der Waals surface area contributed by atoms with Crippen molar-refractivity contribution in [3.05, 3.63) is 63.6 Å². The number of aliphatic hydroxyl groups is 1. The van der Waals surface area contributed by atoms with Crippen molar-refractivity contribution in [2.75, 3.05) is 0 Å². The minimum Gasteiger partial charge on any atom is -0.489 e. The van der Waals surface area contributed by atoms with Crippen LogP contribution in [-0.2, 0) is 6.61 Å². The van der Waals surface area contributed by atoms with E-state index in [9.17, 15) is 5.11 Å². The predicted octanol–water partition coefficient (Wildman–Crippen LogP) is 4.39. The second kappa shape index (κ2) is 6.22. The molecule has 0 aliphatic carbocycles. The quantitative estimate of drug-likeness (QED) is 0.905. The van der Waals surface area contributed by atoms with E-state index in [0.717, 1.165) is 26.9 Å². The molecule has 0 radical (unpaired) electrons. The van der Waals surface area contributed by atoms with E-state index in [0.29, 0.717) is 6.61 Å². The fraction of sp³-hybridized carbons (Fsp3) is 0.250. The zero-order valence-corrected chi connectivity index (χ0v) is 12.6. The van der Waals surface area contributed by atoms with Gasteiger partial charge in [0.05, 0.1) is 6.10 Å². The molecule has 0 aromatic heterocycles. The van der Waals surface area contributed by atoms with Crippen LogP contribution in [0.15, 0.2) is 46.9 Å². The third-order valence-corrected chi connectivity index (χ3v) is 3.80. The van der Waals surface area contributed by atoms with Crippen molar-refractivity contribution in [2.24, 2.45) is 0 Å². The molecule has 0 fully saturated rings. The number of aryl methyl sites for hydroxylation is 1. The first-order valence-electron chi connectivity index (χ1n) is 6.22. The van der Waals surface area contributed by atoms with Crippen LogP contribution in [0.25, 0.3) is 0 Å². The van der Waals surface area contributed by atoms with E-state index >= 15 is 0 Å². The highest BCUT2D eigenvalue weighted by Crippen LogP contribution is 2.24. The molecule has 2 aromatic rings. The van der Waals surface area contributed by atoms with Crippen LogP contribution in [0.3, 0.4) is 0 Å². The summed E-state index contributed by atoms with van der Waals surface area (Å²) < 4.78 is 6.88. The molecular formula is C16H17BrO2. The van der Waals surface area contributed by atoms with Crippen molar-refractivity contribution in [1.29, 1.82) is 0 Å². The highest BCUT2D eigenvalue weighted by atomic mass is 79.9. The second-order valence-electron chi connectivity index (χ2n) is 4.58. The fourth-order valence-corrected chi connectivity index (χ4v) is 2.26. The Bertz CT molecular complexity index is 564. The van der Waals surface area contributed by atoms with Gasteiger partial charge in [-0.25, -0.2) is 0 Å². The molecule has 0 heterocycles.